The lowest BCUT2D eigenvalue weighted by atomic mass is 9.99. The van der Waals surface area contributed by atoms with E-state index in [2.05, 4.69) is 36.5 Å². The van der Waals surface area contributed by atoms with E-state index in [9.17, 15) is 0 Å². The first kappa shape index (κ1) is 13.9. The van der Waals surface area contributed by atoms with Crippen LogP contribution in [0.15, 0.2) is 24.3 Å². The molecule has 1 N–H and O–H groups in total. The molecule has 0 heterocycles. The minimum Gasteiger partial charge on any atom is -0.497 e. The summed E-state index contributed by atoms with van der Waals surface area (Å²) in [5.74, 6) is 3.92. The zero-order chi connectivity index (χ0) is 13.9. The third-order valence-electron chi connectivity index (χ3n) is 5.27. The fraction of sp³-hybridized carbons (Fsp3) is 0.667. The van der Waals surface area contributed by atoms with E-state index >= 15 is 0 Å². The molecule has 0 radical (unpaired) electrons. The molecule has 0 spiro atoms. The lowest BCUT2D eigenvalue weighted by Gasteiger charge is -2.18. The second-order valence-electron chi connectivity index (χ2n) is 6.41. The Bertz CT molecular complexity index is 416. The van der Waals surface area contributed by atoms with Crippen LogP contribution in [0.1, 0.15) is 38.2 Å². The second-order valence-corrected chi connectivity index (χ2v) is 6.41. The third kappa shape index (κ3) is 2.85. The van der Waals surface area contributed by atoms with Crippen molar-refractivity contribution in [2.24, 2.45) is 17.8 Å². The average Bonchev–Trinajstić information content (AvgIpc) is 3.22. The highest BCUT2D eigenvalue weighted by atomic mass is 16.5. The summed E-state index contributed by atoms with van der Waals surface area (Å²) in [5.41, 5.74) is 1.43. The van der Waals surface area contributed by atoms with Gasteiger partial charge in [0, 0.05) is 6.04 Å². The number of likely N-dealkylation sites (N-methyl/N-ethyl adjacent to an activating group) is 1. The second kappa shape index (κ2) is 6.17. The summed E-state index contributed by atoms with van der Waals surface area (Å²) < 4.78 is 5.24. The smallest absolute Gasteiger partial charge is 0.118 e. The van der Waals surface area contributed by atoms with E-state index in [0.717, 1.165) is 36.5 Å². The maximum absolute atomic E-state index is 5.24. The van der Waals surface area contributed by atoms with Gasteiger partial charge in [0.2, 0.25) is 0 Å². The monoisotopic (exact) mass is 273 g/mol. The molecule has 2 aliphatic rings. The quantitative estimate of drug-likeness (QED) is 0.854. The van der Waals surface area contributed by atoms with Gasteiger partial charge in [-0.15, -0.1) is 0 Å². The van der Waals surface area contributed by atoms with Gasteiger partial charge in [-0.25, -0.2) is 0 Å². The maximum atomic E-state index is 5.24. The number of methoxy groups -OCH3 is 1. The molecule has 0 saturated heterocycles. The number of hydrogen-bond donors (Lipinski definition) is 1. The molecule has 2 nitrogen and oxygen atoms in total. The van der Waals surface area contributed by atoms with Gasteiger partial charge >= 0.3 is 0 Å². The molecule has 3 unspecified atom stereocenters. The van der Waals surface area contributed by atoms with E-state index in [4.69, 9.17) is 4.74 Å². The van der Waals surface area contributed by atoms with Gasteiger partial charge in [-0.2, -0.15) is 0 Å². The largest absolute Gasteiger partial charge is 0.497 e. The summed E-state index contributed by atoms with van der Waals surface area (Å²) in [5, 5.41) is 3.75. The van der Waals surface area contributed by atoms with E-state index in [-0.39, 0.29) is 0 Å². The van der Waals surface area contributed by atoms with Gasteiger partial charge in [0.25, 0.3) is 0 Å². The minimum absolute atomic E-state index is 0.668. The van der Waals surface area contributed by atoms with Crippen LogP contribution >= 0.6 is 0 Å². The molecule has 110 valence electrons. The fourth-order valence-electron chi connectivity index (χ4n) is 4.27. The van der Waals surface area contributed by atoms with E-state index in [1.165, 1.54) is 31.2 Å². The zero-order valence-electron chi connectivity index (χ0n) is 12.8. The SMILES string of the molecule is CCNC(Cc1ccc(OC)cc1)C1C2CCCCC21. The summed E-state index contributed by atoms with van der Waals surface area (Å²) in [7, 11) is 1.73. The van der Waals surface area contributed by atoms with Gasteiger partial charge in [0.05, 0.1) is 7.11 Å². The van der Waals surface area contributed by atoms with Crippen LogP contribution in [-0.4, -0.2) is 19.7 Å². The van der Waals surface area contributed by atoms with E-state index < -0.39 is 0 Å². The number of rotatable bonds is 6. The first-order valence-corrected chi connectivity index (χ1v) is 8.19. The molecule has 0 aromatic heterocycles. The normalized spacial score (nSPS) is 29.6. The van der Waals surface area contributed by atoms with Crippen LogP contribution in [0.25, 0.3) is 0 Å². The van der Waals surface area contributed by atoms with Crippen molar-refractivity contribution in [1.29, 1.82) is 0 Å². The molecule has 1 aromatic rings. The minimum atomic E-state index is 0.668. The summed E-state index contributed by atoms with van der Waals surface area (Å²) in [6.07, 6.45) is 7.02. The number of ether oxygens (including phenoxy) is 1. The molecule has 20 heavy (non-hydrogen) atoms. The topological polar surface area (TPSA) is 21.3 Å². The Kier molecular flexibility index (Phi) is 4.30. The van der Waals surface area contributed by atoms with Crippen LogP contribution in [0, 0.1) is 17.8 Å². The Morgan fingerprint density at radius 2 is 1.80 bits per heavy atom. The molecule has 1 aromatic carbocycles. The molecule has 2 heteroatoms. The molecular formula is C18H27NO. The van der Waals surface area contributed by atoms with Crippen molar-refractivity contribution in [1.82, 2.24) is 5.32 Å². The van der Waals surface area contributed by atoms with Crippen LogP contribution in [0.4, 0.5) is 0 Å². The predicted octanol–water partition coefficient (Wildman–Crippen LogP) is 3.65. The Morgan fingerprint density at radius 1 is 1.15 bits per heavy atom. The fourth-order valence-corrected chi connectivity index (χ4v) is 4.27. The summed E-state index contributed by atoms with van der Waals surface area (Å²) in [6, 6.07) is 9.27. The van der Waals surface area contributed by atoms with Crippen LogP contribution in [0.5, 0.6) is 5.75 Å². The highest BCUT2D eigenvalue weighted by molar-refractivity contribution is 5.28. The molecular weight excluding hydrogens is 246 g/mol. The summed E-state index contributed by atoms with van der Waals surface area (Å²) in [4.78, 5) is 0. The van der Waals surface area contributed by atoms with Crippen molar-refractivity contribution < 1.29 is 4.74 Å². The van der Waals surface area contributed by atoms with Gasteiger partial charge in [-0.05, 0) is 61.3 Å². The number of fused-ring (bicyclic) bond motifs is 1. The van der Waals surface area contributed by atoms with Gasteiger partial charge in [-0.3, -0.25) is 0 Å². The molecule has 2 fully saturated rings. The lowest BCUT2D eigenvalue weighted by molar-refractivity contribution is 0.413. The van der Waals surface area contributed by atoms with Crippen molar-refractivity contribution >= 4 is 0 Å². The molecule has 3 atom stereocenters. The predicted molar refractivity (Wildman–Crippen MR) is 83.1 cm³/mol. The van der Waals surface area contributed by atoms with Crippen molar-refractivity contribution in [3.05, 3.63) is 29.8 Å². The van der Waals surface area contributed by atoms with Crippen molar-refractivity contribution in [3.8, 4) is 5.75 Å². The Balaban J connectivity index is 1.64. The van der Waals surface area contributed by atoms with Crippen LogP contribution < -0.4 is 10.1 Å². The molecule has 2 aliphatic carbocycles. The van der Waals surface area contributed by atoms with Gasteiger partial charge in [0.1, 0.15) is 5.75 Å². The standard InChI is InChI=1S/C18H27NO/c1-3-19-17(18-15-6-4-5-7-16(15)18)12-13-8-10-14(20-2)11-9-13/h8-11,15-19H,3-7,12H2,1-2H3. The number of benzene rings is 1. The molecule has 0 aliphatic heterocycles. The number of hydrogen-bond acceptors (Lipinski definition) is 2. The molecule has 2 saturated carbocycles. The Labute approximate surface area is 122 Å². The molecule has 3 rings (SSSR count). The summed E-state index contributed by atoms with van der Waals surface area (Å²) in [6.45, 7) is 3.31. The summed E-state index contributed by atoms with van der Waals surface area (Å²) >= 11 is 0. The third-order valence-corrected chi connectivity index (χ3v) is 5.27. The maximum Gasteiger partial charge on any atom is 0.118 e. The molecule has 0 amide bonds. The van der Waals surface area contributed by atoms with Gasteiger partial charge in [0.15, 0.2) is 0 Å². The van der Waals surface area contributed by atoms with Crippen LogP contribution in [0.2, 0.25) is 0 Å². The highest BCUT2D eigenvalue weighted by Crippen LogP contribution is 2.57. The van der Waals surface area contributed by atoms with E-state index in [1.807, 2.05) is 0 Å². The first-order valence-electron chi connectivity index (χ1n) is 8.19. The highest BCUT2D eigenvalue weighted by Gasteiger charge is 2.53. The van der Waals surface area contributed by atoms with Gasteiger partial charge < -0.3 is 10.1 Å². The Morgan fingerprint density at radius 3 is 2.35 bits per heavy atom. The average molecular weight is 273 g/mol. The molecule has 0 bridgehead atoms. The van der Waals surface area contributed by atoms with Crippen molar-refractivity contribution in [3.63, 3.8) is 0 Å². The van der Waals surface area contributed by atoms with E-state index in [1.54, 1.807) is 7.11 Å². The van der Waals surface area contributed by atoms with Crippen molar-refractivity contribution in [2.75, 3.05) is 13.7 Å². The van der Waals surface area contributed by atoms with Crippen LogP contribution in [0.3, 0.4) is 0 Å². The van der Waals surface area contributed by atoms with Crippen molar-refractivity contribution in [2.45, 2.75) is 45.1 Å². The van der Waals surface area contributed by atoms with E-state index in [0.29, 0.717) is 6.04 Å². The Hall–Kier alpha value is -1.02. The van der Waals surface area contributed by atoms with Gasteiger partial charge in [-0.1, -0.05) is 31.9 Å². The lowest BCUT2D eigenvalue weighted by Crippen LogP contribution is -2.34. The van der Waals surface area contributed by atoms with Crippen LogP contribution in [-0.2, 0) is 6.42 Å². The number of nitrogens with one attached hydrogen (secondary N) is 1. The first-order chi connectivity index (χ1) is 9.83. The zero-order valence-corrected chi connectivity index (χ0v) is 12.8.